The third kappa shape index (κ3) is 5.03. The highest BCUT2D eigenvalue weighted by Crippen LogP contribution is 2.15. The van der Waals surface area contributed by atoms with E-state index in [1.165, 1.54) is 6.33 Å². The Hall–Kier alpha value is -2.91. The topological polar surface area (TPSA) is 145 Å². The van der Waals surface area contributed by atoms with Gasteiger partial charge in [0.05, 0.1) is 6.33 Å². The first kappa shape index (κ1) is 18.4. The molecular formula is C15H22N6O4. The maximum absolute atomic E-state index is 11.7. The summed E-state index contributed by atoms with van der Waals surface area (Å²) in [5.41, 5.74) is 6.12. The largest absolute Gasteiger partial charge is 0.480 e. The van der Waals surface area contributed by atoms with E-state index < -0.39 is 23.7 Å². The number of fused-ring (bicyclic) bond motifs is 1. The molecule has 0 unspecified atom stereocenters. The predicted octanol–water partition coefficient (Wildman–Crippen LogP) is 1.17. The smallest absolute Gasteiger partial charge is 0.408 e. The highest BCUT2D eigenvalue weighted by Gasteiger charge is 2.23. The van der Waals surface area contributed by atoms with Crippen molar-refractivity contribution in [2.45, 2.75) is 51.8 Å². The van der Waals surface area contributed by atoms with Crippen molar-refractivity contribution in [3.63, 3.8) is 0 Å². The summed E-state index contributed by atoms with van der Waals surface area (Å²) in [6.45, 7) is 5.60. The zero-order chi connectivity index (χ0) is 18.6. The first-order chi connectivity index (χ1) is 11.7. The lowest BCUT2D eigenvalue weighted by molar-refractivity contribution is -0.139. The van der Waals surface area contributed by atoms with Crippen LogP contribution in [0, 0.1) is 0 Å². The molecule has 2 aromatic heterocycles. The number of carbonyl (C=O) groups is 2. The normalized spacial score (nSPS) is 12.8. The third-order valence-corrected chi connectivity index (χ3v) is 3.31. The average Bonchev–Trinajstić information content (AvgIpc) is 2.89. The third-order valence-electron chi connectivity index (χ3n) is 3.31. The van der Waals surface area contributed by atoms with E-state index >= 15 is 0 Å². The van der Waals surface area contributed by atoms with Crippen LogP contribution in [-0.2, 0) is 16.1 Å². The number of carboxylic acids is 1. The summed E-state index contributed by atoms with van der Waals surface area (Å²) in [6.07, 6.45) is 2.89. The van der Waals surface area contributed by atoms with Gasteiger partial charge in [-0.1, -0.05) is 0 Å². The summed E-state index contributed by atoms with van der Waals surface area (Å²) in [4.78, 5) is 35.2. The minimum absolute atomic E-state index is 0.231. The van der Waals surface area contributed by atoms with E-state index in [1.54, 1.807) is 31.7 Å². The molecule has 0 saturated carbocycles. The second kappa shape index (κ2) is 7.32. The Morgan fingerprint density at radius 1 is 1.36 bits per heavy atom. The molecule has 0 fully saturated rings. The number of ether oxygens (including phenoxy) is 1. The van der Waals surface area contributed by atoms with Gasteiger partial charge in [0.1, 0.15) is 23.5 Å². The number of nitrogens with zero attached hydrogens (tertiary/aromatic N) is 4. The molecule has 0 aromatic carbocycles. The number of aromatic nitrogens is 4. The molecule has 0 aliphatic carbocycles. The number of alkyl carbamates (subject to hydrolysis) is 1. The molecule has 2 rings (SSSR count). The Morgan fingerprint density at radius 2 is 2.08 bits per heavy atom. The van der Waals surface area contributed by atoms with Gasteiger partial charge in [0.25, 0.3) is 0 Å². The van der Waals surface area contributed by atoms with Gasteiger partial charge in [0.15, 0.2) is 11.5 Å². The van der Waals surface area contributed by atoms with Gasteiger partial charge in [-0.05, 0) is 33.6 Å². The molecule has 10 heteroatoms. The maximum atomic E-state index is 11.7. The molecular weight excluding hydrogens is 328 g/mol. The molecule has 0 saturated heterocycles. The van der Waals surface area contributed by atoms with Gasteiger partial charge in [0, 0.05) is 6.54 Å². The number of imidazole rings is 1. The lowest BCUT2D eigenvalue weighted by Crippen LogP contribution is -2.43. The fourth-order valence-corrected chi connectivity index (χ4v) is 2.24. The second-order valence-corrected chi connectivity index (χ2v) is 6.55. The van der Waals surface area contributed by atoms with Crippen molar-refractivity contribution in [1.82, 2.24) is 24.8 Å². The lowest BCUT2D eigenvalue weighted by atomic mass is 10.1. The summed E-state index contributed by atoms with van der Waals surface area (Å²) in [7, 11) is 0. The monoisotopic (exact) mass is 350 g/mol. The van der Waals surface area contributed by atoms with Crippen LogP contribution in [0.5, 0.6) is 0 Å². The molecule has 0 radical (unpaired) electrons. The summed E-state index contributed by atoms with van der Waals surface area (Å²) in [5, 5.41) is 11.6. The van der Waals surface area contributed by atoms with E-state index in [-0.39, 0.29) is 6.42 Å². The molecule has 0 spiro atoms. The van der Waals surface area contributed by atoms with Crippen molar-refractivity contribution < 1.29 is 19.4 Å². The van der Waals surface area contributed by atoms with E-state index in [1.807, 2.05) is 0 Å². The summed E-state index contributed by atoms with van der Waals surface area (Å²) >= 11 is 0. The standard InChI is InChI=1S/C15H22N6O4/c1-15(2,3)25-14(24)20-9(13(22)23)5-4-6-21-8-19-10-11(16)17-7-18-12(10)21/h7-9H,4-6H2,1-3H3,(H,20,24)(H,22,23)(H2,16,17,18)/t9-/m0/s1. The average molecular weight is 350 g/mol. The molecule has 1 atom stereocenters. The maximum Gasteiger partial charge on any atom is 0.408 e. The number of hydrogen-bond acceptors (Lipinski definition) is 7. The Balaban J connectivity index is 1.94. The van der Waals surface area contributed by atoms with Crippen LogP contribution in [0.25, 0.3) is 11.2 Å². The van der Waals surface area contributed by atoms with Crippen molar-refractivity contribution in [3.8, 4) is 0 Å². The first-order valence-corrected chi connectivity index (χ1v) is 7.81. The highest BCUT2D eigenvalue weighted by atomic mass is 16.6. The fraction of sp³-hybridized carbons (Fsp3) is 0.533. The number of rotatable bonds is 6. The highest BCUT2D eigenvalue weighted by molar-refractivity contribution is 5.81. The number of nitrogen functional groups attached to an aromatic ring is 1. The molecule has 2 heterocycles. The molecule has 0 aliphatic heterocycles. The van der Waals surface area contributed by atoms with Gasteiger partial charge >= 0.3 is 12.1 Å². The van der Waals surface area contributed by atoms with Crippen molar-refractivity contribution in [3.05, 3.63) is 12.7 Å². The van der Waals surface area contributed by atoms with Crippen LogP contribution in [0.3, 0.4) is 0 Å². The number of anilines is 1. The Bertz CT molecular complexity index is 767. The Labute approximate surface area is 144 Å². The number of aryl methyl sites for hydroxylation is 1. The van der Waals surface area contributed by atoms with Crippen LogP contribution < -0.4 is 11.1 Å². The van der Waals surface area contributed by atoms with Crippen molar-refractivity contribution in [1.29, 1.82) is 0 Å². The molecule has 0 aliphatic rings. The number of nitrogens with one attached hydrogen (secondary N) is 1. The summed E-state index contributed by atoms with van der Waals surface area (Å²) in [6, 6.07) is -1.04. The van der Waals surface area contributed by atoms with Gasteiger partial charge in [-0.25, -0.2) is 24.5 Å². The number of hydrogen-bond donors (Lipinski definition) is 3. The van der Waals surface area contributed by atoms with Crippen LogP contribution in [0.4, 0.5) is 10.6 Å². The first-order valence-electron chi connectivity index (χ1n) is 7.81. The number of aliphatic carboxylic acids is 1. The minimum Gasteiger partial charge on any atom is -0.480 e. The Kier molecular flexibility index (Phi) is 5.40. The van der Waals surface area contributed by atoms with Gasteiger partial charge in [-0.3, -0.25) is 0 Å². The minimum atomic E-state index is -1.12. The van der Waals surface area contributed by atoms with Gasteiger partial charge in [0.2, 0.25) is 0 Å². The lowest BCUT2D eigenvalue weighted by Gasteiger charge is -2.22. The molecule has 2 aromatic rings. The predicted molar refractivity (Wildman–Crippen MR) is 89.8 cm³/mol. The van der Waals surface area contributed by atoms with Crippen LogP contribution in [-0.4, -0.2) is 48.3 Å². The van der Waals surface area contributed by atoms with E-state index in [2.05, 4.69) is 20.3 Å². The zero-order valence-electron chi connectivity index (χ0n) is 14.4. The fourth-order valence-electron chi connectivity index (χ4n) is 2.24. The summed E-state index contributed by atoms with van der Waals surface area (Å²) < 4.78 is 6.85. The van der Waals surface area contributed by atoms with Gasteiger partial charge in [-0.2, -0.15) is 0 Å². The second-order valence-electron chi connectivity index (χ2n) is 6.55. The van der Waals surface area contributed by atoms with Crippen LogP contribution in [0.15, 0.2) is 12.7 Å². The summed E-state index contributed by atoms with van der Waals surface area (Å²) in [5.74, 6) is -0.827. The van der Waals surface area contributed by atoms with Crippen LogP contribution >= 0.6 is 0 Å². The SMILES string of the molecule is CC(C)(C)OC(=O)N[C@@H](CCCn1cnc2c(N)ncnc21)C(=O)O. The zero-order valence-corrected chi connectivity index (χ0v) is 14.4. The molecule has 136 valence electrons. The number of nitrogens with two attached hydrogens (primary N) is 1. The van der Waals surface area contributed by atoms with E-state index in [0.717, 1.165) is 0 Å². The van der Waals surface area contributed by atoms with Crippen molar-refractivity contribution >= 4 is 29.0 Å². The van der Waals surface area contributed by atoms with Crippen molar-refractivity contribution in [2.75, 3.05) is 5.73 Å². The number of carboxylic acid groups (broad SMARTS) is 1. The Morgan fingerprint density at radius 3 is 2.72 bits per heavy atom. The number of carbonyl (C=O) groups excluding carboxylic acids is 1. The molecule has 1 amide bonds. The molecule has 10 nitrogen and oxygen atoms in total. The number of amides is 1. The van der Waals surface area contributed by atoms with Crippen molar-refractivity contribution in [2.24, 2.45) is 0 Å². The van der Waals surface area contributed by atoms with Crippen LogP contribution in [0.2, 0.25) is 0 Å². The molecule has 25 heavy (non-hydrogen) atoms. The van der Waals surface area contributed by atoms with E-state index in [4.69, 9.17) is 10.5 Å². The molecule has 4 N–H and O–H groups in total. The van der Waals surface area contributed by atoms with E-state index in [0.29, 0.717) is 29.9 Å². The van der Waals surface area contributed by atoms with Gasteiger partial charge < -0.3 is 25.5 Å². The van der Waals surface area contributed by atoms with Crippen LogP contribution in [0.1, 0.15) is 33.6 Å². The van der Waals surface area contributed by atoms with E-state index in [9.17, 15) is 14.7 Å². The quantitative estimate of drug-likeness (QED) is 0.703. The van der Waals surface area contributed by atoms with Gasteiger partial charge in [-0.15, -0.1) is 0 Å². The molecule has 0 bridgehead atoms.